The number of carboxylic acids is 1. The van der Waals surface area contributed by atoms with E-state index in [0.717, 1.165) is 0 Å². The number of nitrogens with zero attached hydrogens (tertiary/aromatic N) is 1. The van der Waals surface area contributed by atoms with Gasteiger partial charge in [-0.15, -0.1) is 0 Å². The fourth-order valence-corrected chi connectivity index (χ4v) is 2.57. The van der Waals surface area contributed by atoms with E-state index < -0.39 is 17.4 Å². The summed E-state index contributed by atoms with van der Waals surface area (Å²) in [5, 5.41) is 20.8. The lowest BCUT2D eigenvalue weighted by molar-refractivity contribution is -0.146. The molecule has 1 aromatic rings. The minimum absolute atomic E-state index is 0.112. The number of carbonyl (C=O) groups excluding carboxylic acids is 1. The van der Waals surface area contributed by atoms with Gasteiger partial charge in [0.25, 0.3) is 5.91 Å². The summed E-state index contributed by atoms with van der Waals surface area (Å²) in [6.07, 6.45) is 0. The zero-order chi connectivity index (χ0) is 16.2. The number of amides is 1. The number of nitriles is 1. The van der Waals surface area contributed by atoms with Crippen molar-refractivity contribution in [3.8, 4) is 6.07 Å². The Morgan fingerprint density at radius 3 is 2.14 bits per heavy atom. The van der Waals surface area contributed by atoms with Crippen molar-refractivity contribution >= 4 is 11.9 Å². The highest BCUT2D eigenvalue weighted by molar-refractivity contribution is 5.95. The van der Waals surface area contributed by atoms with Crippen LogP contribution in [0.15, 0.2) is 24.3 Å². The lowest BCUT2D eigenvalue weighted by atomic mass is 9.79. The maximum atomic E-state index is 12.2. The average Bonchev–Trinajstić information content (AvgIpc) is 2.36. The molecule has 0 radical (unpaired) electrons. The summed E-state index contributed by atoms with van der Waals surface area (Å²) in [5.74, 6) is -2.09. The van der Waals surface area contributed by atoms with E-state index in [4.69, 9.17) is 5.26 Å². The van der Waals surface area contributed by atoms with Gasteiger partial charge in [-0.2, -0.15) is 5.26 Å². The highest BCUT2D eigenvalue weighted by atomic mass is 16.4. The Bertz CT molecular complexity index is 568. The topological polar surface area (TPSA) is 90.2 Å². The van der Waals surface area contributed by atoms with Crippen molar-refractivity contribution in [2.75, 3.05) is 0 Å². The summed E-state index contributed by atoms with van der Waals surface area (Å²) in [4.78, 5) is 23.6. The molecule has 112 valence electrons. The van der Waals surface area contributed by atoms with Crippen LogP contribution in [0, 0.1) is 23.2 Å². The third kappa shape index (κ3) is 4.06. The molecule has 1 atom stereocenters. The van der Waals surface area contributed by atoms with Gasteiger partial charge >= 0.3 is 5.97 Å². The summed E-state index contributed by atoms with van der Waals surface area (Å²) in [6, 6.07) is 8.19. The summed E-state index contributed by atoms with van der Waals surface area (Å²) >= 11 is 0. The van der Waals surface area contributed by atoms with E-state index in [9.17, 15) is 14.7 Å². The number of nitrogens with one attached hydrogen (secondary N) is 1. The van der Waals surface area contributed by atoms with Crippen molar-refractivity contribution in [2.24, 2.45) is 11.8 Å². The average molecular weight is 288 g/mol. The van der Waals surface area contributed by atoms with E-state index in [0.29, 0.717) is 11.1 Å². The molecule has 2 N–H and O–H groups in total. The smallest absolute Gasteiger partial charge is 0.309 e. The number of hydrogen-bond acceptors (Lipinski definition) is 3. The van der Waals surface area contributed by atoms with Crippen LogP contribution in [0.5, 0.6) is 0 Å². The fourth-order valence-electron chi connectivity index (χ4n) is 2.57. The lowest BCUT2D eigenvalue weighted by Gasteiger charge is -2.35. The van der Waals surface area contributed by atoms with Crippen LogP contribution in [0.2, 0.25) is 0 Å². The monoisotopic (exact) mass is 288 g/mol. The van der Waals surface area contributed by atoms with E-state index >= 15 is 0 Å². The maximum absolute atomic E-state index is 12.2. The summed E-state index contributed by atoms with van der Waals surface area (Å²) in [6.45, 7) is 7.03. The molecule has 1 rings (SSSR count). The van der Waals surface area contributed by atoms with E-state index in [1.807, 2.05) is 19.9 Å². The minimum atomic E-state index is -0.935. The zero-order valence-electron chi connectivity index (χ0n) is 12.7. The Kier molecular flexibility index (Phi) is 5.09. The molecule has 0 saturated heterocycles. The van der Waals surface area contributed by atoms with Gasteiger partial charge in [-0.1, -0.05) is 13.8 Å². The zero-order valence-corrected chi connectivity index (χ0v) is 12.7. The number of carbonyl (C=O) groups is 2. The Hall–Kier alpha value is -2.35. The predicted octanol–water partition coefficient (Wildman–Crippen LogP) is 2.42. The van der Waals surface area contributed by atoms with Crippen molar-refractivity contribution in [3.05, 3.63) is 35.4 Å². The molecule has 0 spiro atoms. The Morgan fingerprint density at radius 1 is 1.24 bits per heavy atom. The Morgan fingerprint density at radius 2 is 1.76 bits per heavy atom. The second kappa shape index (κ2) is 6.40. The number of rotatable bonds is 5. The van der Waals surface area contributed by atoms with Crippen LogP contribution in [-0.4, -0.2) is 22.5 Å². The van der Waals surface area contributed by atoms with Crippen LogP contribution in [0.4, 0.5) is 0 Å². The standard InChI is InChI=1S/C16H20N2O3/c1-10(2)13(15(20)21)16(3,4)18-14(19)12-7-5-11(9-17)6-8-12/h5-8,10,13H,1-4H3,(H,18,19)(H,20,21). The molecule has 5 nitrogen and oxygen atoms in total. The number of carboxylic acid groups (broad SMARTS) is 1. The highest BCUT2D eigenvalue weighted by Gasteiger charge is 2.38. The SMILES string of the molecule is CC(C)C(C(=O)O)C(C)(C)NC(=O)c1ccc(C#N)cc1. The largest absolute Gasteiger partial charge is 0.481 e. The van der Waals surface area contributed by atoms with Crippen LogP contribution in [0.3, 0.4) is 0 Å². The van der Waals surface area contributed by atoms with Gasteiger partial charge in [0.05, 0.1) is 17.6 Å². The van der Waals surface area contributed by atoms with Crippen molar-refractivity contribution < 1.29 is 14.7 Å². The molecule has 0 saturated carbocycles. The molecule has 1 amide bonds. The molecule has 1 unspecified atom stereocenters. The fraction of sp³-hybridized carbons (Fsp3) is 0.438. The van der Waals surface area contributed by atoms with Crippen molar-refractivity contribution in [2.45, 2.75) is 33.2 Å². The third-order valence-electron chi connectivity index (χ3n) is 3.42. The van der Waals surface area contributed by atoms with Gasteiger partial charge in [0.15, 0.2) is 0 Å². The Balaban J connectivity index is 2.94. The van der Waals surface area contributed by atoms with Gasteiger partial charge in [0.2, 0.25) is 0 Å². The first-order chi connectivity index (χ1) is 9.69. The summed E-state index contributed by atoms with van der Waals surface area (Å²) in [7, 11) is 0. The third-order valence-corrected chi connectivity index (χ3v) is 3.42. The number of benzene rings is 1. The molecular weight excluding hydrogens is 268 g/mol. The van der Waals surface area contributed by atoms with Gasteiger partial charge in [-0.25, -0.2) is 0 Å². The predicted molar refractivity (Wildman–Crippen MR) is 78.7 cm³/mol. The summed E-state index contributed by atoms with van der Waals surface area (Å²) < 4.78 is 0. The van der Waals surface area contributed by atoms with Crippen molar-refractivity contribution in [1.82, 2.24) is 5.32 Å². The number of hydrogen-bond donors (Lipinski definition) is 2. The normalized spacial score (nSPS) is 12.6. The first-order valence-corrected chi connectivity index (χ1v) is 6.74. The van der Waals surface area contributed by atoms with Gasteiger partial charge < -0.3 is 10.4 Å². The highest BCUT2D eigenvalue weighted by Crippen LogP contribution is 2.25. The molecule has 0 aromatic heterocycles. The lowest BCUT2D eigenvalue weighted by Crippen LogP contribution is -2.53. The molecule has 21 heavy (non-hydrogen) atoms. The quantitative estimate of drug-likeness (QED) is 0.870. The number of aliphatic carboxylic acids is 1. The van der Waals surface area contributed by atoms with E-state index in [1.165, 1.54) is 0 Å². The van der Waals surface area contributed by atoms with Crippen LogP contribution in [0.25, 0.3) is 0 Å². The molecule has 0 bridgehead atoms. The van der Waals surface area contributed by atoms with Crippen LogP contribution in [-0.2, 0) is 4.79 Å². The van der Waals surface area contributed by atoms with E-state index in [2.05, 4.69) is 5.32 Å². The maximum Gasteiger partial charge on any atom is 0.309 e. The first kappa shape index (κ1) is 16.7. The molecule has 0 aliphatic carbocycles. The minimum Gasteiger partial charge on any atom is -0.481 e. The van der Waals surface area contributed by atoms with Crippen LogP contribution < -0.4 is 5.32 Å². The molecule has 0 aliphatic heterocycles. The molecule has 1 aromatic carbocycles. The van der Waals surface area contributed by atoms with Crippen molar-refractivity contribution in [3.63, 3.8) is 0 Å². The Labute approximate surface area is 124 Å². The van der Waals surface area contributed by atoms with Gasteiger partial charge in [-0.3, -0.25) is 9.59 Å². The van der Waals surface area contributed by atoms with E-state index in [-0.39, 0.29) is 11.8 Å². The first-order valence-electron chi connectivity index (χ1n) is 6.74. The molecule has 0 heterocycles. The second-order valence-electron chi connectivity index (χ2n) is 5.92. The van der Waals surface area contributed by atoms with Crippen LogP contribution in [0.1, 0.15) is 43.6 Å². The van der Waals surface area contributed by atoms with Crippen molar-refractivity contribution in [1.29, 1.82) is 5.26 Å². The molecule has 0 fully saturated rings. The molecule has 5 heteroatoms. The van der Waals surface area contributed by atoms with Crippen LogP contribution >= 0.6 is 0 Å². The van der Waals surface area contributed by atoms with Gasteiger partial charge in [0.1, 0.15) is 0 Å². The molecule has 0 aliphatic rings. The van der Waals surface area contributed by atoms with Gasteiger partial charge in [-0.05, 0) is 44.0 Å². The second-order valence-corrected chi connectivity index (χ2v) is 5.92. The van der Waals surface area contributed by atoms with Gasteiger partial charge in [0, 0.05) is 11.1 Å². The molecular formula is C16H20N2O3. The summed E-state index contributed by atoms with van der Waals surface area (Å²) in [5.41, 5.74) is -0.0169. The van der Waals surface area contributed by atoms with E-state index in [1.54, 1.807) is 38.1 Å².